The summed E-state index contributed by atoms with van der Waals surface area (Å²) in [7, 11) is 0. The summed E-state index contributed by atoms with van der Waals surface area (Å²) in [6.45, 7) is 0.793. The first-order valence-corrected chi connectivity index (χ1v) is 5.37. The Labute approximate surface area is 95.8 Å². The van der Waals surface area contributed by atoms with E-state index in [1.54, 1.807) is 0 Å². The molecular formula is C11H12F3NO2. The summed E-state index contributed by atoms with van der Waals surface area (Å²) in [5.74, 6) is 0. The molecule has 1 unspecified atom stereocenters. The van der Waals surface area contributed by atoms with Crippen LogP contribution >= 0.6 is 0 Å². The highest BCUT2D eigenvalue weighted by Gasteiger charge is 2.34. The van der Waals surface area contributed by atoms with Gasteiger partial charge in [-0.25, -0.2) is 0 Å². The largest absolute Gasteiger partial charge is 0.421 e. The number of rotatable bonds is 2. The van der Waals surface area contributed by atoms with Gasteiger partial charge in [0.1, 0.15) is 5.56 Å². The predicted octanol–water partition coefficient (Wildman–Crippen LogP) is 2.05. The zero-order chi connectivity index (χ0) is 12.5. The second-order valence-corrected chi connectivity index (χ2v) is 4.01. The third kappa shape index (κ3) is 2.69. The molecule has 1 aliphatic heterocycles. The molecule has 1 fully saturated rings. The average molecular weight is 247 g/mol. The van der Waals surface area contributed by atoms with Crippen LogP contribution in [0, 0.1) is 0 Å². The fourth-order valence-corrected chi connectivity index (χ4v) is 1.90. The first kappa shape index (κ1) is 12.2. The minimum Gasteiger partial charge on any atom is -0.376 e. The van der Waals surface area contributed by atoms with Crippen LogP contribution in [0.25, 0.3) is 0 Å². The number of aromatic nitrogens is 1. The number of alkyl halides is 3. The van der Waals surface area contributed by atoms with E-state index in [1.807, 2.05) is 0 Å². The van der Waals surface area contributed by atoms with Crippen molar-refractivity contribution in [3.05, 3.63) is 34.2 Å². The van der Waals surface area contributed by atoms with Crippen molar-refractivity contribution in [3.63, 3.8) is 0 Å². The van der Waals surface area contributed by atoms with Crippen LogP contribution in [-0.2, 0) is 17.5 Å². The maximum absolute atomic E-state index is 12.5. The van der Waals surface area contributed by atoms with Crippen LogP contribution in [0.1, 0.15) is 18.4 Å². The van der Waals surface area contributed by atoms with Gasteiger partial charge in [0.05, 0.1) is 12.6 Å². The standard InChI is InChI=1S/C11H12F3NO2/c12-11(13,14)9-4-1-5-15(10(9)16)7-8-3-2-6-17-8/h1,4-5,8H,2-3,6-7H2. The first-order valence-electron chi connectivity index (χ1n) is 5.37. The Kier molecular flexibility index (Phi) is 3.24. The fourth-order valence-electron chi connectivity index (χ4n) is 1.90. The summed E-state index contributed by atoms with van der Waals surface area (Å²) >= 11 is 0. The van der Waals surface area contributed by atoms with Crippen molar-refractivity contribution in [1.29, 1.82) is 0 Å². The van der Waals surface area contributed by atoms with E-state index < -0.39 is 17.3 Å². The zero-order valence-corrected chi connectivity index (χ0v) is 9.04. The summed E-state index contributed by atoms with van der Waals surface area (Å²) < 4.78 is 43.9. The molecule has 2 rings (SSSR count). The van der Waals surface area contributed by atoms with Gasteiger partial charge in [0.15, 0.2) is 0 Å². The van der Waals surface area contributed by atoms with E-state index >= 15 is 0 Å². The van der Waals surface area contributed by atoms with Gasteiger partial charge in [0, 0.05) is 12.8 Å². The molecule has 1 saturated heterocycles. The molecule has 0 spiro atoms. The SMILES string of the molecule is O=c1c(C(F)(F)F)cccn1CC1CCCO1. The van der Waals surface area contributed by atoms with Crippen molar-refractivity contribution in [2.45, 2.75) is 31.7 Å². The van der Waals surface area contributed by atoms with E-state index in [0.29, 0.717) is 6.61 Å². The maximum atomic E-state index is 12.5. The number of halogens is 3. The van der Waals surface area contributed by atoms with Gasteiger partial charge >= 0.3 is 6.18 Å². The number of ether oxygens (including phenoxy) is 1. The molecule has 3 nitrogen and oxygen atoms in total. The molecule has 94 valence electrons. The van der Waals surface area contributed by atoms with Gasteiger partial charge < -0.3 is 9.30 Å². The smallest absolute Gasteiger partial charge is 0.376 e. The molecule has 0 aliphatic carbocycles. The number of pyridine rings is 1. The van der Waals surface area contributed by atoms with Crippen LogP contribution in [0.15, 0.2) is 23.1 Å². The van der Waals surface area contributed by atoms with Crippen molar-refractivity contribution in [2.24, 2.45) is 0 Å². The third-order valence-corrected chi connectivity index (χ3v) is 2.75. The first-order chi connectivity index (χ1) is 7.98. The third-order valence-electron chi connectivity index (χ3n) is 2.75. The van der Waals surface area contributed by atoms with Gasteiger partial charge in [-0.3, -0.25) is 4.79 Å². The normalized spacial score (nSPS) is 20.8. The Balaban J connectivity index is 2.26. The van der Waals surface area contributed by atoms with Gasteiger partial charge in [-0.05, 0) is 25.0 Å². The molecule has 1 aromatic heterocycles. The van der Waals surface area contributed by atoms with E-state index in [4.69, 9.17) is 4.74 Å². The molecule has 17 heavy (non-hydrogen) atoms. The van der Waals surface area contributed by atoms with Gasteiger partial charge in [-0.1, -0.05) is 0 Å². The predicted molar refractivity (Wildman–Crippen MR) is 54.7 cm³/mol. The highest BCUT2D eigenvalue weighted by atomic mass is 19.4. The lowest BCUT2D eigenvalue weighted by atomic mass is 10.2. The van der Waals surface area contributed by atoms with Gasteiger partial charge in [-0.2, -0.15) is 13.2 Å². The molecule has 1 atom stereocenters. The lowest BCUT2D eigenvalue weighted by Crippen LogP contribution is -2.31. The fraction of sp³-hybridized carbons (Fsp3) is 0.545. The molecule has 0 N–H and O–H groups in total. The lowest BCUT2D eigenvalue weighted by Gasteiger charge is -2.13. The van der Waals surface area contributed by atoms with Crippen LogP contribution in [0.4, 0.5) is 13.2 Å². The molecule has 0 radical (unpaired) electrons. The molecule has 0 saturated carbocycles. The zero-order valence-electron chi connectivity index (χ0n) is 9.04. The minimum atomic E-state index is -4.60. The molecule has 1 aliphatic rings. The van der Waals surface area contributed by atoms with Crippen LogP contribution in [0.5, 0.6) is 0 Å². The van der Waals surface area contributed by atoms with E-state index in [1.165, 1.54) is 12.3 Å². The molecule has 0 bridgehead atoms. The van der Waals surface area contributed by atoms with Gasteiger partial charge in [0.25, 0.3) is 5.56 Å². The van der Waals surface area contributed by atoms with Crippen molar-refractivity contribution in [2.75, 3.05) is 6.61 Å². The van der Waals surface area contributed by atoms with Crippen molar-refractivity contribution in [1.82, 2.24) is 4.57 Å². The molecule has 0 aromatic carbocycles. The topological polar surface area (TPSA) is 31.2 Å². The summed E-state index contributed by atoms with van der Waals surface area (Å²) in [6, 6.07) is 2.04. The monoisotopic (exact) mass is 247 g/mol. The van der Waals surface area contributed by atoms with Gasteiger partial charge in [-0.15, -0.1) is 0 Å². The molecule has 6 heteroatoms. The van der Waals surface area contributed by atoms with Crippen LogP contribution in [0.2, 0.25) is 0 Å². The number of nitrogens with zero attached hydrogens (tertiary/aromatic N) is 1. The Bertz CT molecular complexity index is 447. The minimum absolute atomic E-state index is 0.156. The highest BCUT2D eigenvalue weighted by Crippen LogP contribution is 2.26. The van der Waals surface area contributed by atoms with Crippen LogP contribution in [-0.4, -0.2) is 17.3 Å². The molecular weight excluding hydrogens is 235 g/mol. The highest BCUT2D eigenvalue weighted by molar-refractivity contribution is 5.14. The molecule has 2 heterocycles. The van der Waals surface area contributed by atoms with Crippen molar-refractivity contribution >= 4 is 0 Å². The van der Waals surface area contributed by atoms with Gasteiger partial charge in [0.2, 0.25) is 0 Å². The van der Waals surface area contributed by atoms with E-state index in [0.717, 1.165) is 23.5 Å². The van der Waals surface area contributed by atoms with E-state index in [9.17, 15) is 18.0 Å². The van der Waals surface area contributed by atoms with Crippen LogP contribution < -0.4 is 5.56 Å². The van der Waals surface area contributed by atoms with Crippen LogP contribution in [0.3, 0.4) is 0 Å². The number of hydrogen-bond donors (Lipinski definition) is 0. The maximum Gasteiger partial charge on any atom is 0.421 e. The quantitative estimate of drug-likeness (QED) is 0.800. The summed E-state index contributed by atoms with van der Waals surface area (Å²) in [5.41, 5.74) is -2.13. The second-order valence-electron chi connectivity index (χ2n) is 4.01. The molecule has 1 aromatic rings. The average Bonchev–Trinajstić information content (AvgIpc) is 2.72. The van der Waals surface area contributed by atoms with Crippen molar-refractivity contribution < 1.29 is 17.9 Å². The summed E-state index contributed by atoms with van der Waals surface area (Å²) in [6.07, 6.45) is -1.73. The van der Waals surface area contributed by atoms with E-state index in [-0.39, 0.29) is 12.6 Å². The Morgan fingerprint density at radius 2 is 2.24 bits per heavy atom. The molecule has 0 amide bonds. The summed E-state index contributed by atoms with van der Waals surface area (Å²) in [4.78, 5) is 11.6. The van der Waals surface area contributed by atoms with E-state index in [2.05, 4.69) is 0 Å². The Morgan fingerprint density at radius 3 is 2.82 bits per heavy atom. The Hall–Kier alpha value is -1.30. The summed E-state index contributed by atoms with van der Waals surface area (Å²) in [5, 5.41) is 0. The Morgan fingerprint density at radius 1 is 1.47 bits per heavy atom. The number of hydrogen-bond acceptors (Lipinski definition) is 2. The second kappa shape index (κ2) is 4.52. The lowest BCUT2D eigenvalue weighted by molar-refractivity contribution is -0.139. The van der Waals surface area contributed by atoms with Crippen molar-refractivity contribution in [3.8, 4) is 0 Å².